The lowest BCUT2D eigenvalue weighted by molar-refractivity contribution is 0.122. The van der Waals surface area contributed by atoms with Crippen molar-refractivity contribution < 1.29 is 14.2 Å². The Morgan fingerprint density at radius 1 is 0.829 bits per heavy atom. The summed E-state index contributed by atoms with van der Waals surface area (Å²) in [5, 5.41) is 4.51. The third kappa shape index (κ3) is 4.00. The van der Waals surface area contributed by atoms with Gasteiger partial charge in [-0.15, -0.1) is 0 Å². The molecular weight excluding hydrogens is 444 g/mol. The van der Waals surface area contributed by atoms with Gasteiger partial charge < -0.3 is 34.3 Å². The lowest BCUT2D eigenvalue weighted by Gasteiger charge is -2.31. The number of aromatic nitrogens is 3. The fourth-order valence-electron chi connectivity index (χ4n) is 4.94. The molecule has 0 saturated carbocycles. The number of ether oxygens (including phenoxy) is 3. The standard InChI is InChI=1S/C26H30N6O3/c1-33-21-6-4-18(16-22(21)34-2)17-3-5-19-20(15-17)28-24-23(19)29-26(32-9-7-27-8-10-32)30-25(24)31-11-13-35-14-12-31/h3-6,15-16,27-28H,7-14H2,1-2H3. The second-order valence-corrected chi connectivity index (χ2v) is 8.86. The minimum atomic E-state index is 0.706. The monoisotopic (exact) mass is 474 g/mol. The Hall–Kier alpha value is -3.56. The van der Waals surface area contributed by atoms with Crippen molar-refractivity contribution in [2.24, 2.45) is 0 Å². The van der Waals surface area contributed by atoms with Crippen LogP contribution < -0.4 is 24.6 Å². The van der Waals surface area contributed by atoms with Crippen LogP contribution >= 0.6 is 0 Å². The average Bonchev–Trinajstić information content (AvgIpc) is 3.31. The van der Waals surface area contributed by atoms with Crippen LogP contribution in [0.15, 0.2) is 36.4 Å². The zero-order valence-electron chi connectivity index (χ0n) is 20.1. The molecule has 182 valence electrons. The van der Waals surface area contributed by atoms with E-state index in [2.05, 4.69) is 38.3 Å². The molecule has 4 heterocycles. The first-order valence-electron chi connectivity index (χ1n) is 12.1. The number of nitrogens with zero attached hydrogens (tertiary/aromatic N) is 4. The maximum Gasteiger partial charge on any atom is 0.228 e. The molecule has 2 N–H and O–H groups in total. The normalized spacial score (nSPS) is 16.7. The predicted molar refractivity (Wildman–Crippen MR) is 138 cm³/mol. The van der Waals surface area contributed by atoms with Gasteiger partial charge in [-0.1, -0.05) is 18.2 Å². The van der Waals surface area contributed by atoms with E-state index in [0.717, 1.165) is 84.1 Å². The van der Waals surface area contributed by atoms with Crippen LogP contribution in [0.1, 0.15) is 0 Å². The van der Waals surface area contributed by atoms with E-state index in [9.17, 15) is 0 Å². The highest BCUT2D eigenvalue weighted by Crippen LogP contribution is 2.36. The number of H-pyrrole nitrogens is 1. The third-order valence-corrected chi connectivity index (χ3v) is 6.84. The van der Waals surface area contributed by atoms with E-state index in [-0.39, 0.29) is 0 Å². The van der Waals surface area contributed by atoms with Crippen molar-refractivity contribution in [1.29, 1.82) is 0 Å². The number of nitrogens with one attached hydrogen (secondary N) is 2. The first-order valence-corrected chi connectivity index (χ1v) is 12.1. The van der Waals surface area contributed by atoms with Crippen LogP contribution in [0.5, 0.6) is 11.5 Å². The number of rotatable bonds is 5. The van der Waals surface area contributed by atoms with Gasteiger partial charge in [-0.3, -0.25) is 0 Å². The Balaban J connectivity index is 1.48. The van der Waals surface area contributed by atoms with Crippen LogP contribution in [0.2, 0.25) is 0 Å². The van der Waals surface area contributed by atoms with Gasteiger partial charge in [0.1, 0.15) is 11.0 Å². The molecule has 6 rings (SSSR count). The molecule has 9 nitrogen and oxygen atoms in total. The van der Waals surface area contributed by atoms with E-state index in [1.807, 2.05) is 18.2 Å². The van der Waals surface area contributed by atoms with Crippen LogP contribution in [0.3, 0.4) is 0 Å². The highest BCUT2D eigenvalue weighted by atomic mass is 16.5. The largest absolute Gasteiger partial charge is 0.493 e. The van der Waals surface area contributed by atoms with Crippen molar-refractivity contribution in [2.75, 3.05) is 76.5 Å². The number of hydrogen-bond donors (Lipinski definition) is 2. The number of anilines is 2. The van der Waals surface area contributed by atoms with Gasteiger partial charge in [-0.25, -0.2) is 4.98 Å². The molecule has 0 aliphatic carbocycles. The van der Waals surface area contributed by atoms with E-state index in [1.165, 1.54) is 0 Å². The first-order chi connectivity index (χ1) is 17.2. The predicted octanol–water partition coefficient (Wildman–Crippen LogP) is 3.04. The summed E-state index contributed by atoms with van der Waals surface area (Å²) in [6, 6.07) is 12.4. The number of fused-ring (bicyclic) bond motifs is 3. The van der Waals surface area contributed by atoms with Gasteiger partial charge in [0.05, 0.1) is 27.4 Å². The summed E-state index contributed by atoms with van der Waals surface area (Å²) < 4.78 is 16.5. The summed E-state index contributed by atoms with van der Waals surface area (Å²) in [6.45, 7) is 6.74. The van der Waals surface area contributed by atoms with Gasteiger partial charge in [0, 0.05) is 50.2 Å². The van der Waals surface area contributed by atoms with Crippen LogP contribution in [-0.2, 0) is 4.74 Å². The Morgan fingerprint density at radius 2 is 1.57 bits per heavy atom. The first kappa shape index (κ1) is 21.9. The van der Waals surface area contributed by atoms with E-state index in [1.54, 1.807) is 14.2 Å². The molecule has 2 fully saturated rings. The molecule has 0 radical (unpaired) electrons. The van der Waals surface area contributed by atoms with Crippen LogP contribution in [0, 0.1) is 0 Å². The van der Waals surface area contributed by atoms with Gasteiger partial charge in [0.2, 0.25) is 5.95 Å². The van der Waals surface area contributed by atoms with Crippen molar-refractivity contribution in [3.8, 4) is 22.6 Å². The Labute approximate surface area is 204 Å². The Morgan fingerprint density at radius 3 is 2.34 bits per heavy atom. The highest BCUT2D eigenvalue weighted by Gasteiger charge is 2.23. The molecule has 0 bridgehead atoms. The highest BCUT2D eigenvalue weighted by molar-refractivity contribution is 6.09. The summed E-state index contributed by atoms with van der Waals surface area (Å²) >= 11 is 0. The van der Waals surface area contributed by atoms with Crippen molar-refractivity contribution in [1.82, 2.24) is 20.3 Å². The maximum atomic E-state index is 5.61. The number of piperazine rings is 1. The van der Waals surface area contributed by atoms with E-state index in [4.69, 9.17) is 24.2 Å². The number of aromatic amines is 1. The minimum absolute atomic E-state index is 0.706. The lowest BCUT2D eigenvalue weighted by atomic mass is 10.0. The number of methoxy groups -OCH3 is 2. The molecule has 2 aliphatic heterocycles. The van der Waals surface area contributed by atoms with Gasteiger partial charge in [0.15, 0.2) is 17.3 Å². The van der Waals surface area contributed by atoms with Crippen LogP contribution in [-0.4, -0.2) is 81.7 Å². The zero-order chi connectivity index (χ0) is 23.8. The fraction of sp³-hybridized carbons (Fsp3) is 0.385. The molecule has 4 aromatic rings. The molecule has 0 unspecified atom stereocenters. The SMILES string of the molecule is COc1ccc(-c2ccc3c(c2)[nH]c2c(N4CCOCC4)nc(N4CCNCC4)nc23)cc1OC. The van der Waals surface area contributed by atoms with E-state index < -0.39 is 0 Å². The van der Waals surface area contributed by atoms with Gasteiger partial charge >= 0.3 is 0 Å². The number of hydrogen-bond acceptors (Lipinski definition) is 8. The minimum Gasteiger partial charge on any atom is -0.493 e. The Kier molecular flexibility index (Phi) is 5.79. The van der Waals surface area contributed by atoms with Crippen LogP contribution in [0.25, 0.3) is 33.1 Å². The van der Waals surface area contributed by atoms with Gasteiger partial charge in [-0.2, -0.15) is 4.98 Å². The molecule has 0 spiro atoms. The molecule has 2 aromatic heterocycles. The zero-order valence-corrected chi connectivity index (χ0v) is 20.1. The summed E-state index contributed by atoms with van der Waals surface area (Å²) in [6.07, 6.45) is 0. The third-order valence-electron chi connectivity index (χ3n) is 6.84. The van der Waals surface area contributed by atoms with Crippen molar-refractivity contribution in [3.63, 3.8) is 0 Å². The van der Waals surface area contributed by atoms with E-state index >= 15 is 0 Å². The van der Waals surface area contributed by atoms with Gasteiger partial charge in [0.25, 0.3) is 0 Å². The summed E-state index contributed by atoms with van der Waals surface area (Å²) in [7, 11) is 3.31. The van der Waals surface area contributed by atoms with E-state index in [0.29, 0.717) is 24.7 Å². The molecule has 2 saturated heterocycles. The lowest BCUT2D eigenvalue weighted by Crippen LogP contribution is -2.44. The quantitative estimate of drug-likeness (QED) is 0.457. The summed E-state index contributed by atoms with van der Waals surface area (Å²) in [5.74, 6) is 3.18. The number of benzene rings is 2. The molecule has 2 aromatic carbocycles. The van der Waals surface area contributed by atoms with Crippen molar-refractivity contribution >= 4 is 33.7 Å². The molecule has 0 amide bonds. The maximum absolute atomic E-state index is 5.61. The smallest absolute Gasteiger partial charge is 0.228 e. The summed E-state index contributed by atoms with van der Waals surface area (Å²) in [5.41, 5.74) is 5.13. The Bertz CT molecular complexity index is 1360. The second kappa shape index (κ2) is 9.24. The molecular formula is C26H30N6O3. The molecule has 35 heavy (non-hydrogen) atoms. The molecule has 9 heteroatoms. The second-order valence-electron chi connectivity index (χ2n) is 8.86. The van der Waals surface area contributed by atoms with Crippen molar-refractivity contribution in [2.45, 2.75) is 0 Å². The number of morpholine rings is 1. The molecule has 0 atom stereocenters. The topological polar surface area (TPSA) is 87.8 Å². The summed E-state index contributed by atoms with van der Waals surface area (Å²) in [4.78, 5) is 18.3. The van der Waals surface area contributed by atoms with Crippen LogP contribution in [0.4, 0.5) is 11.8 Å². The average molecular weight is 475 g/mol. The van der Waals surface area contributed by atoms with Crippen molar-refractivity contribution in [3.05, 3.63) is 36.4 Å². The van der Waals surface area contributed by atoms with Gasteiger partial charge in [-0.05, 0) is 29.3 Å². The fourth-order valence-corrected chi connectivity index (χ4v) is 4.94. The molecule has 2 aliphatic rings.